The number of hydrogen-bond acceptors (Lipinski definition) is 5. The van der Waals surface area contributed by atoms with Crippen LogP contribution in [0.25, 0.3) is 0 Å². The predicted octanol–water partition coefficient (Wildman–Crippen LogP) is 2.22. The van der Waals surface area contributed by atoms with E-state index in [4.69, 9.17) is 20.9 Å². The van der Waals surface area contributed by atoms with Crippen molar-refractivity contribution in [3.63, 3.8) is 0 Å². The number of aldehydes is 1. The predicted molar refractivity (Wildman–Crippen MR) is 56.1 cm³/mol. The van der Waals surface area contributed by atoms with Gasteiger partial charge in [-0.1, -0.05) is 11.4 Å². The largest absolute Gasteiger partial charge is 0.322 e. The summed E-state index contributed by atoms with van der Waals surface area (Å²) in [4.78, 5) is 10.1. The molecule has 6 heteroatoms. The molecule has 0 spiro atoms. The van der Waals surface area contributed by atoms with E-state index in [2.05, 4.69) is 0 Å². The third kappa shape index (κ3) is 5.27. The van der Waals surface area contributed by atoms with Crippen LogP contribution in [0.1, 0.15) is 13.8 Å². The molecule has 0 amide bonds. The van der Waals surface area contributed by atoms with E-state index < -0.39 is 5.69 Å². The van der Waals surface area contributed by atoms with Crippen molar-refractivity contribution in [3.05, 3.63) is 0 Å². The summed E-state index contributed by atoms with van der Waals surface area (Å²) in [6.07, 6.45) is 0.809. The van der Waals surface area contributed by atoms with Gasteiger partial charge in [0.05, 0.1) is 19.0 Å². The number of carbonyl (C=O) groups is 1. The summed E-state index contributed by atoms with van der Waals surface area (Å²) in [5.41, 5.74) is -2.22. The molecule has 0 unspecified atom stereocenters. The molecule has 72 valence electrons. The second-order valence-electron chi connectivity index (χ2n) is 1.75. The lowest BCUT2D eigenvalue weighted by Gasteiger charge is -2.18. The van der Waals surface area contributed by atoms with Crippen LogP contribution < -0.4 is 0 Å². The van der Waals surface area contributed by atoms with Crippen LogP contribution in [0.4, 0.5) is 0 Å². The molecule has 0 saturated carbocycles. The summed E-state index contributed by atoms with van der Waals surface area (Å²) < 4.78 is 10.6. The van der Waals surface area contributed by atoms with Gasteiger partial charge in [0.25, 0.3) is 0 Å². The van der Waals surface area contributed by atoms with E-state index >= 15 is 0 Å². The van der Waals surface area contributed by atoms with Gasteiger partial charge in [-0.05, 0) is 25.7 Å². The third-order valence-electron chi connectivity index (χ3n) is 0.875. The maximum atomic E-state index is 10.1. The molecule has 12 heavy (non-hydrogen) atoms. The molecule has 0 aromatic rings. The van der Waals surface area contributed by atoms with E-state index in [1.165, 1.54) is 11.4 Å². The maximum Gasteiger partial charge on any atom is 0.247 e. The van der Waals surface area contributed by atoms with Crippen molar-refractivity contribution in [3.8, 4) is 0 Å². The average Bonchev–Trinajstić information content (AvgIpc) is 2.02. The van der Waals surface area contributed by atoms with E-state index in [1.54, 1.807) is 0 Å². The SMILES string of the molecule is CCOP(=S)(OCC)SCC=O. The van der Waals surface area contributed by atoms with Crippen molar-refractivity contribution >= 4 is 35.2 Å². The Balaban J connectivity index is 3.98. The van der Waals surface area contributed by atoms with Crippen LogP contribution in [0, 0.1) is 0 Å². The molecule has 0 heterocycles. The van der Waals surface area contributed by atoms with Gasteiger partial charge in [0.1, 0.15) is 6.29 Å². The molecule has 0 N–H and O–H groups in total. The molecule has 0 saturated heterocycles. The van der Waals surface area contributed by atoms with Crippen LogP contribution in [0.2, 0.25) is 0 Å². The van der Waals surface area contributed by atoms with E-state index in [9.17, 15) is 4.79 Å². The lowest BCUT2D eigenvalue weighted by Crippen LogP contribution is -1.93. The summed E-state index contributed by atoms with van der Waals surface area (Å²) in [5.74, 6) is 0.345. The molecule has 0 aliphatic carbocycles. The molecule has 3 nitrogen and oxygen atoms in total. The van der Waals surface area contributed by atoms with Gasteiger partial charge in [-0.25, -0.2) is 0 Å². The quantitative estimate of drug-likeness (QED) is 0.493. The Kier molecular flexibility index (Phi) is 7.38. The van der Waals surface area contributed by atoms with Crippen LogP contribution in [-0.4, -0.2) is 25.3 Å². The Hall–Kier alpha value is 0.590. The topological polar surface area (TPSA) is 35.5 Å². The first-order valence-corrected chi connectivity index (χ1v) is 7.88. The number of carbonyl (C=O) groups excluding carboxylic acids is 1. The van der Waals surface area contributed by atoms with Crippen molar-refractivity contribution in [2.75, 3.05) is 19.0 Å². The Morgan fingerprint density at radius 1 is 1.42 bits per heavy atom. The molecule has 0 fully saturated rings. The van der Waals surface area contributed by atoms with Crippen molar-refractivity contribution in [1.82, 2.24) is 0 Å². The Bertz CT molecular complexity index is 164. The zero-order valence-electron chi connectivity index (χ0n) is 7.19. The first kappa shape index (κ1) is 12.6. The smallest absolute Gasteiger partial charge is 0.247 e. The van der Waals surface area contributed by atoms with E-state index in [0.717, 1.165) is 6.29 Å². The van der Waals surface area contributed by atoms with Gasteiger partial charge in [0.15, 0.2) is 0 Å². The molecule has 0 rings (SSSR count). The molecule has 0 atom stereocenters. The minimum absolute atomic E-state index is 0.345. The lowest BCUT2D eigenvalue weighted by molar-refractivity contribution is -0.105. The highest BCUT2D eigenvalue weighted by molar-refractivity contribution is 8.68. The van der Waals surface area contributed by atoms with Gasteiger partial charge in [-0.2, -0.15) is 0 Å². The summed E-state index contributed by atoms with van der Waals surface area (Å²) in [7, 11) is 0. The summed E-state index contributed by atoms with van der Waals surface area (Å²) in [5, 5.41) is 0. The zero-order chi connectivity index (χ0) is 9.45. The van der Waals surface area contributed by atoms with Gasteiger partial charge < -0.3 is 13.8 Å². The molecule has 0 aliphatic rings. The Labute approximate surface area is 82.1 Å². The Morgan fingerprint density at radius 3 is 2.25 bits per heavy atom. The summed E-state index contributed by atoms with van der Waals surface area (Å²) in [6, 6.07) is 0. The minimum Gasteiger partial charge on any atom is -0.322 e. The van der Waals surface area contributed by atoms with E-state index in [0.29, 0.717) is 19.0 Å². The summed E-state index contributed by atoms with van der Waals surface area (Å²) in [6.45, 7) is 4.79. The van der Waals surface area contributed by atoms with Gasteiger partial charge >= 0.3 is 0 Å². The monoisotopic (exact) mass is 228 g/mol. The molecule has 0 bridgehead atoms. The molecular weight excluding hydrogens is 215 g/mol. The molecular formula is C6H13O3PS2. The van der Waals surface area contributed by atoms with E-state index in [-0.39, 0.29) is 0 Å². The summed E-state index contributed by atoms with van der Waals surface area (Å²) >= 11 is 6.42. The van der Waals surface area contributed by atoms with Gasteiger partial charge in [-0.15, -0.1) is 0 Å². The fourth-order valence-electron chi connectivity index (χ4n) is 0.550. The van der Waals surface area contributed by atoms with Gasteiger partial charge in [0.2, 0.25) is 5.69 Å². The second-order valence-corrected chi connectivity index (χ2v) is 8.10. The highest BCUT2D eigenvalue weighted by Crippen LogP contribution is 2.60. The third-order valence-corrected chi connectivity index (χ3v) is 6.23. The first-order valence-electron chi connectivity index (χ1n) is 3.65. The fraction of sp³-hybridized carbons (Fsp3) is 0.833. The first-order chi connectivity index (χ1) is 5.68. The van der Waals surface area contributed by atoms with Crippen LogP contribution in [-0.2, 0) is 25.6 Å². The molecule has 0 aliphatic heterocycles. The van der Waals surface area contributed by atoms with Crippen molar-refractivity contribution in [2.45, 2.75) is 13.8 Å². The second kappa shape index (κ2) is 7.04. The number of rotatable bonds is 7. The number of hydrogen-bond donors (Lipinski definition) is 0. The van der Waals surface area contributed by atoms with Crippen molar-refractivity contribution < 1.29 is 13.8 Å². The highest BCUT2D eigenvalue weighted by atomic mass is 32.9. The molecule has 0 radical (unpaired) electrons. The zero-order valence-corrected chi connectivity index (χ0v) is 9.71. The van der Waals surface area contributed by atoms with Crippen LogP contribution in [0.5, 0.6) is 0 Å². The minimum atomic E-state index is -2.22. The van der Waals surface area contributed by atoms with Crippen molar-refractivity contribution in [2.24, 2.45) is 0 Å². The van der Waals surface area contributed by atoms with Gasteiger partial charge in [-0.3, -0.25) is 0 Å². The normalized spacial score (nSPS) is 11.5. The van der Waals surface area contributed by atoms with E-state index in [1.807, 2.05) is 13.8 Å². The molecule has 0 aromatic heterocycles. The molecule has 0 aromatic carbocycles. The maximum absolute atomic E-state index is 10.1. The van der Waals surface area contributed by atoms with Crippen LogP contribution in [0.3, 0.4) is 0 Å². The average molecular weight is 228 g/mol. The Morgan fingerprint density at radius 2 is 1.92 bits per heavy atom. The van der Waals surface area contributed by atoms with Crippen LogP contribution >= 0.6 is 17.1 Å². The van der Waals surface area contributed by atoms with Crippen molar-refractivity contribution in [1.29, 1.82) is 0 Å². The standard InChI is InChI=1S/C6H13O3PS2/c1-3-8-10(11,9-4-2)12-6-5-7/h5H,3-4,6H2,1-2H3. The van der Waals surface area contributed by atoms with Gasteiger partial charge in [0, 0.05) is 0 Å². The van der Waals surface area contributed by atoms with Crippen LogP contribution in [0.15, 0.2) is 0 Å². The highest BCUT2D eigenvalue weighted by Gasteiger charge is 2.17. The lowest BCUT2D eigenvalue weighted by atomic mass is 10.9. The fourth-order valence-corrected chi connectivity index (χ4v) is 4.64.